The van der Waals surface area contributed by atoms with Crippen molar-refractivity contribution in [3.63, 3.8) is 0 Å². The zero-order chi connectivity index (χ0) is 25.0. The van der Waals surface area contributed by atoms with Crippen LogP contribution < -0.4 is 20.1 Å². The highest BCUT2D eigenvalue weighted by Gasteiger charge is 2.21. The van der Waals surface area contributed by atoms with E-state index in [1.54, 1.807) is 7.11 Å². The number of rotatable bonds is 7. The first-order chi connectivity index (χ1) is 17.0. The number of nitrogens with zero attached hydrogens (tertiary/aromatic N) is 1. The minimum absolute atomic E-state index is 0.0249. The first-order valence-corrected chi connectivity index (χ1v) is 12.6. The van der Waals surface area contributed by atoms with Crippen LogP contribution in [0.4, 0.5) is 0 Å². The van der Waals surface area contributed by atoms with Crippen LogP contribution in [0.2, 0.25) is 0 Å². The molecule has 1 aliphatic heterocycles. The van der Waals surface area contributed by atoms with Gasteiger partial charge in [0.25, 0.3) is 5.91 Å². The summed E-state index contributed by atoms with van der Waals surface area (Å²) in [5.74, 6) is 1.88. The lowest BCUT2D eigenvalue weighted by Gasteiger charge is -2.25. The maximum atomic E-state index is 13.3. The summed E-state index contributed by atoms with van der Waals surface area (Å²) < 4.78 is 11.4. The van der Waals surface area contributed by atoms with E-state index in [0.717, 1.165) is 54.9 Å². The van der Waals surface area contributed by atoms with E-state index in [9.17, 15) is 9.59 Å². The average molecular weight is 482 g/mol. The third kappa shape index (κ3) is 8.58. The number of carbonyl (C=O) groups excluding carboxylic acids is 2. The Kier molecular flexibility index (Phi) is 10.4. The Morgan fingerprint density at radius 3 is 2.66 bits per heavy atom. The fraction of sp³-hybridized carbons (Fsp3) is 0.500. The van der Waals surface area contributed by atoms with E-state index in [1.807, 2.05) is 42.5 Å². The molecule has 0 bridgehead atoms. The van der Waals surface area contributed by atoms with Crippen LogP contribution in [0.15, 0.2) is 42.5 Å². The fourth-order valence-corrected chi connectivity index (χ4v) is 4.05. The number of benzene rings is 2. The van der Waals surface area contributed by atoms with Gasteiger partial charge in [0, 0.05) is 30.8 Å². The average Bonchev–Trinajstić information content (AvgIpc) is 2.87. The standard InChI is InChI=1S/C28H39N3O4/c1-21(2)14-16-31-19-25-24(28(33)30-18-22-10-12-23(34-3)13-11-22)8-7-9-26(25)35-17-6-4-5-15-29-27(32)20-31/h7-13,21H,4-6,14-20H2,1-3H3,(H,29,32)(H,30,33). The Hall–Kier alpha value is -3.06. The molecule has 190 valence electrons. The second kappa shape index (κ2) is 13.7. The molecule has 2 N–H and O–H groups in total. The Morgan fingerprint density at radius 1 is 1.11 bits per heavy atom. The molecule has 0 spiro atoms. The lowest BCUT2D eigenvalue weighted by atomic mass is 10.0. The number of methoxy groups -OCH3 is 1. The van der Waals surface area contributed by atoms with Gasteiger partial charge in [-0.1, -0.05) is 32.0 Å². The summed E-state index contributed by atoms with van der Waals surface area (Å²) in [5, 5.41) is 6.08. The number of fused-ring (bicyclic) bond motifs is 1. The molecule has 0 aromatic heterocycles. The number of hydrogen-bond donors (Lipinski definition) is 2. The van der Waals surface area contributed by atoms with Gasteiger partial charge < -0.3 is 20.1 Å². The highest BCUT2D eigenvalue weighted by Crippen LogP contribution is 2.26. The van der Waals surface area contributed by atoms with Crippen molar-refractivity contribution in [1.29, 1.82) is 0 Å². The Labute approximate surface area is 209 Å². The smallest absolute Gasteiger partial charge is 0.252 e. The summed E-state index contributed by atoms with van der Waals surface area (Å²) in [6, 6.07) is 13.3. The number of carbonyl (C=O) groups is 2. The SMILES string of the molecule is COc1ccc(CNC(=O)c2cccc3c2CN(CCC(C)C)CC(=O)NCCCCCO3)cc1. The van der Waals surface area contributed by atoms with Gasteiger partial charge in [0.15, 0.2) is 0 Å². The summed E-state index contributed by atoms with van der Waals surface area (Å²) in [4.78, 5) is 28.0. The first kappa shape index (κ1) is 26.5. The van der Waals surface area contributed by atoms with E-state index < -0.39 is 0 Å². The molecule has 0 aliphatic carbocycles. The van der Waals surface area contributed by atoms with Crippen LogP contribution in [-0.2, 0) is 17.9 Å². The number of amides is 2. The number of nitrogens with one attached hydrogen (secondary N) is 2. The molecule has 0 fully saturated rings. The predicted octanol–water partition coefficient (Wildman–Crippen LogP) is 4.15. The van der Waals surface area contributed by atoms with E-state index in [2.05, 4.69) is 29.4 Å². The van der Waals surface area contributed by atoms with E-state index >= 15 is 0 Å². The van der Waals surface area contributed by atoms with Gasteiger partial charge in [0.05, 0.1) is 20.3 Å². The lowest BCUT2D eigenvalue weighted by molar-refractivity contribution is -0.122. The summed E-state index contributed by atoms with van der Waals surface area (Å²) >= 11 is 0. The monoisotopic (exact) mass is 481 g/mol. The van der Waals surface area contributed by atoms with Crippen LogP contribution in [-0.4, -0.2) is 50.1 Å². The van der Waals surface area contributed by atoms with Crippen molar-refractivity contribution in [3.8, 4) is 11.5 Å². The molecular formula is C28H39N3O4. The Bertz CT molecular complexity index is 959. The predicted molar refractivity (Wildman–Crippen MR) is 138 cm³/mol. The molecule has 7 nitrogen and oxygen atoms in total. The maximum absolute atomic E-state index is 13.3. The molecule has 7 heteroatoms. The third-order valence-electron chi connectivity index (χ3n) is 6.16. The quantitative estimate of drug-likeness (QED) is 0.621. The minimum atomic E-state index is -0.154. The van der Waals surface area contributed by atoms with Gasteiger partial charge in [0.1, 0.15) is 11.5 Å². The lowest BCUT2D eigenvalue weighted by Crippen LogP contribution is -2.38. The van der Waals surface area contributed by atoms with Gasteiger partial charge in [-0.25, -0.2) is 0 Å². The van der Waals surface area contributed by atoms with Crippen LogP contribution in [0.5, 0.6) is 11.5 Å². The summed E-state index contributed by atoms with van der Waals surface area (Å²) in [5.41, 5.74) is 2.40. The molecule has 1 aliphatic rings. The van der Waals surface area contributed by atoms with E-state index in [0.29, 0.717) is 44.3 Å². The zero-order valence-electron chi connectivity index (χ0n) is 21.3. The van der Waals surface area contributed by atoms with E-state index in [-0.39, 0.29) is 11.8 Å². The molecule has 1 heterocycles. The molecular weight excluding hydrogens is 442 g/mol. The second-order valence-electron chi connectivity index (χ2n) is 9.47. The minimum Gasteiger partial charge on any atom is -0.497 e. The van der Waals surface area contributed by atoms with Crippen LogP contribution >= 0.6 is 0 Å². The van der Waals surface area contributed by atoms with Crippen molar-refractivity contribution in [2.24, 2.45) is 5.92 Å². The Morgan fingerprint density at radius 2 is 1.91 bits per heavy atom. The van der Waals surface area contributed by atoms with Gasteiger partial charge >= 0.3 is 0 Å². The molecule has 2 aromatic carbocycles. The summed E-state index contributed by atoms with van der Waals surface area (Å²) in [7, 11) is 1.63. The van der Waals surface area contributed by atoms with Crippen molar-refractivity contribution in [1.82, 2.24) is 15.5 Å². The van der Waals surface area contributed by atoms with Crippen LogP contribution in [0.1, 0.15) is 61.0 Å². The second-order valence-corrected chi connectivity index (χ2v) is 9.47. The third-order valence-corrected chi connectivity index (χ3v) is 6.16. The highest BCUT2D eigenvalue weighted by atomic mass is 16.5. The van der Waals surface area contributed by atoms with Crippen molar-refractivity contribution in [2.45, 2.75) is 52.6 Å². The first-order valence-electron chi connectivity index (χ1n) is 12.6. The zero-order valence-corrected chi connectivity index (χ0v) is 21.3. The number of hydrogen-bond acceptors (Lipinski definition) is 5. The number of ether oxygens (including phenoxy) is 2. The molecule has 3 rings (SSSR count). The van der Waals surface area contributed by atoms with Crippen molar-refractivity contribution in [3.05, 3.63) is 59.2 Å². The highest BCUT2D eigenvalue weighted by molar-refractivity contribution is 5.96. The maximum Gasteiger partial charge on any atom is 0.252 e. The molecule has 2 amide bonds. The Balaban J connectivity index is 1.83. The summed E-state index contributed by atoms with van der Waals surface area (Å²) in [6.45, 7) is 7.58. The van der Waals surface area contributed by atoms with Crippen molar-refractivity contribution >= 4 is 11.8 Å². The normalized spacial score (nSPS) is 15.6. The van der Waals surface area contributed by atoms with Gasteiger partial charge in [-0.05, 0) is 68.0 Å². The largest absolute Gasteiger partial charge is 0.497 e. The van der Waals surface area contributed by atoms with Crippen LogP contribution in [0.3, 0.4) is 0 Å². The molecule has 35 heavy (non-hydrogen) atoms. The fourth-order valence-electron chi connectivity index (χ4n) is 4.05. The molecule has 2 aromatic rings. The van der Waals surface area contributed by atoms with Crippen molar-refractivity contribution < 1.29 is 19.1 Å². The van der Waals surface area contributed by atoms with Crippen LogP contribution in [0.25, 0.3) is 0 Å². The van der Waals surface area contributed by atoms with Gasteiger partial charge in [0.2, 0.25) is 5.91 Å². The summed E-state index contributed by atoms with van der Waals surface area (Å²) in [6.07, 6.45) is 3.78. The topological polar surface area (TPSA) is 79.9 Å². The van der Waals surface area contributed by atoms with Crippen LogP contribution in [0, 0.1) is 5.92 Å². The van der Waals surface area contributed by atoms with Gasteiger partial charge in [-0.2, -0.15) is 0 Å². The molecule has 0 atom stereocenters. The molecule has 0 radical (unpaired) electrons. The van der Waals surface area contributed by atoms with Gasteiger partial charge in [-0.3, -0.25) is 14.5 Å². The van der Waals surface area contributed by atoms with E-state index in [1.165, 1.54) is 0 Å². The van der Waals surface area contributed by atoms with Gasteiger partial charge in [-0.15, -0.1) is 0 Å². The molecule has 0 saturated heterocycles. The molecule has 0 unspecified atom stereocenters. The van der Waals surface area contributed by atoms with E-state index in [4.69, 9.17) is 9.47 Å². The van der Waals surface area contributed by atoms with Crippen molar-refractivity contribution in [2.75, 3.05) is 33.4 Å². The molecule has 0 saturated carbocycles.